The van der Waals surface area contributed by atoms with E-state index in [1.807, 2.05) is 25.2 Å². The molecule has 0 aliphatic heterocycles. The fourth-order valence-electron chi connectivity index (χ4n) is 2.78. The van der Waals surface area contributed by atoms with Crippen LogP contribution in [0.4, 0.5) is 0 Å². The van der Waals surface area contributed by atoms with Crippen LogP contribution in [-0.2, 0) is 6.42 Å². The van der Waals surface area contributed by atoms with Gasteiger partial charge in [0.15, 0.2) is 5.82 Å². The Morgan fingerprint density at radius 1 is 1.38 bits per heavy atom. The van der Waals surface area contributed by atoms with Crippen LogP contribution in [0.15, 0.2) is 22.7 Å². The van der Waals surface area contributed by atoms with Gasteiger partial charge in [-0.15, -0.1) is 12.4 Å². The number of likely N-dealkylation sites (N-methyl/N-ethyl adjacent to an activating group) is 1. The number of nitrogens with one attached hydrogen (secondary N) is 1. The molecule has 1 aromatic carbocycles. The summed E-state index contributed by atoms with van der Waals surface area (Å²) in [6.45, 7) is 2.07. The molecule has 1 fully saturated rings. The minimum absolute atomic E-state index is 0. The Morgan fingerprint density at radius 3 is 2.83 bits per heavy atom. The van der Waals surface area contributed by atoms with Gasteiger partial charge in [-0.2, -0.15) is 4.98 Å². The van der Waals surface area contributed by atoms with E-state index < -0.39 is 0 Å². The van der Waals surface area contributed by atoms with Gasteiger partial charge in [-0.05, 0) is 57.9 Å². The quantitative estimate of drug-likeness (QED) is 0.820. The van der Waals surface area contributed by atoms with Gasteiger partial charge in [-0.25, -0.2) is 0 Å². The van der Waals surface area contributed by atoms with Gasteiger partial charge >= 0.3 is 0 Å². The zero-order chi connectivity index (χ0) is 16.2. The first kappa shape index (κ1) is 19.0. The van der Waals surface area contributed by atoms with Crippen LogP contribution in [0.3, 0.4) is 0 Å². The van der Waals surface area contributed by atoms with Crippen molar-refractivity contribution in [3.63, 3.8) is 0 Å². The molecule has 1 unspecified atom stereocenters. The van der Waals surface area contributed by atoms with Crippen LogP contribution >= 0.6 is 24.0 Å². The van der Waals surface area contributed by atoms with Gasteiger partial charge < -0.3 is 14.6 Å². The van der Waals surface area contributed by atoms with Gasteiger partial charge in [-0.3, -0.25) is 0 Å². The topological polar surface area (TPSA) is 60.2 Å². The third-order valence-electron chi connectivity index (χ3n) is 4.22. The van der Waals surface area contributed by atoms with Crippen LogP contribution in [-0.4, -0.2) is 29.3 Å². The number of rotatable bonds is 6. The molecular formula is C17H23Cl2N3O2. The molecule has 0 saturated heterocycles. The second-order valence-electron chi connectivity index (χ2n) is 6.07. The molecule has 1 aliphatic rings. The van der Waals surface area contributed by atoms with E-state index in [4.69, 9.17) is 20.9 Å². The molecule has 1 N–H and O–H groups in total. The lowest BCUT2D eigenvalue weighted by Gasteiger charge is -2.15. The lowest BCUT2D eigenvalue weighted by atomic mass is 10.2. The number of halogens is 2. The molecule has 3 rings (SSSR count). The molecular weight excluding hydrogens is 349 g/mol. The van der Waals surface area contributed by atoms with Crippen LogP contribution in [0, 0.1) is 0 Å². The average molecular weight is 372 g/mol. The van der Waals surface area contributed by atoms with Crippen molar-refractivity contribution in [3.05, 3.63) is 29.0 Å². The number of ether oxygens (including phenoxy) is 1. The van der Waals surface area contributed by atoms with Crippen molar-refractivity contribution in [1.82, 2.24) is 15.5 Å². The summed E-state index contributed by atoms with van der Waals surface area (Å²) >= 11 is 6.14. The van der Waals surface area contributed by atoms with Crippen LogP contribution < -0.4 is 10.1 Å². The largest absolute Gasteiger partial charge is 0.490 e. The van der Waals surface area contributed by atoms with Crippen molar-refractivity contribution in [3.8, 4) is 17.2 Å². The van der Waals surface area contributed by atoms with E-state index in [1.54, 1.807) is 0 Å². The van der Waals surface area contributed by atoms with Crippen LogP contribution in [0.25, 0.3) is 11.5 Å². The standard InChI is InChI=1S/C17H22ClN3O2.ClH/c1-11(19-2)9-16-20-17(23-21-16)14-10-12(18)7-8-15(14)22-13-5-3-4-6-13;/h7-8,10-11,13,19H,3-6,9H2,1-2H3;1H. The normalized spacial score (nSPS) is 16.0. The van der Waals surface area contributed by atoms with E-state index in [1.165, 1.54) is 12.8 Å². The summed E-state index contributed by atoms with van der Waals surface area (Å²) in [5, 5.41) is 7.85. The summed E-state index contributed by atoms with van der Waals surface area (Å²) in [4.78, 5) is 4.49. The zero-order valence-electron chi connectivity index (χ0n) is 13.9. The highest BCUT2D eigenvalue weighted by molar-refractivity contribution is 6.30. The molecule has 1 saturated carbocycles. The van der Waals surface area contributed by atoms with Crippen LogP contribution in [0.5, 0.6) is 5.75 Å². The fraction of sp³-hybridized carbons (Fsp3) is 0.529. The summed E-state index contributed by atoms with van der Waals surface area (Å²) in [7, 11) is 1.91. The second-order valence-corrected chi connectivity index (χ2v) is 6.51. The fourth-order valence-corrected chi connectivity index (χ4v) is 2.95. The van der Waals surface area contributed by atoms with Crippen molar-refractivity contribution in [1.29, 1.82) is 0 Å². The van der Waals surface area contributed by atoms with Gasteiger partial charge in [-0.1, -0.05) is 16.8 Å². The van der Waals surface area contributed by atoms with Crippen molar-refractivity contribution >= 4 is 24.0 Å². The van der Waals surface area contributed by atoms with E-state index in [0.717, 1.165) is 24.2 Å². The Bertz CT molecular complexity index is 657. The maximum atomic E-state index is 6.14. The molecule has 7 heteroatoms. The van der Waals surface area contributed by atoms with Crippen molar-refractivity contribution in [2.75, 3.05) is 7.05 Å². The number of aromatic nitrogens is 2. The zero-order valence-corrected chi connectivity index (χ0v) is 15.5. The molecule has 1 aliphatic carbocycles. The first-order valence-corrected chi connectivity index (χ1v) is 8.50. The number of hydrogen-bond donors (Lipinski definition) is 1. The highest BCUT2D eigenvalue weighted by Gasteiger charge is 2.21. The van der Waals surface area contributed by atoms with Crippen LogP contribution in [0.2, 0.25) is 5.02 Å². The predicted octanol–water partition coefficient (Wildman–Crippen LogP) is 4.28. The minimum atomic E-state index is 0. The van der Waals surface area contributed by atoms with E-state index in [0.29, 0.717) is 23.2 Å². The lowest BCUT2D eigenvalue weighted by Crippen LogP contribution is -2.24. The second kappa shape index (κ2) is 8.70. The third kappa shape index (κ3) is 4.62. The smallest absolute Gasteiger partial charge is 0.261 e. The Morgan fingerprint density at radius 2 is 2.12 bits per heavy atom. The van der Waals surface area contributed by atoms with Gasteiger partial charge in [0, 0.05) is 17.5 Å². The van der Waals surface area contributed by atoms with E-state index in [9.17, 15) is 0 Å². The van der Waals surface area contributed by atoms with Gasteiger partial charge in [0.1, 0.15) is 5.75 Å². The highest BCUT2D eigenvalue weighted by Crippen LogP contribution is 2.34. The average Bonchev–Trinajstić information content (AvgIpc) is 3.21. The SMILES string of the molecule is CNC(C)Cc1noc(-c2cc(Cl)ccc2OC2CCCC2)n1.Cl. The Kier molecular flexibility index (Phi) is 6.90. The Labute approximate surface area is 153 Å². The predicted molar refractivity (Wildman–Crippen MR) is 97.1 cm³/mol. The maximum Gasteiger partial charge on any atom is 0.261 e. The minimum Gasteiger partial charge on any atom is -0.490 e. The number of benzene rings is 1. The summed E-state index contributed by atoms with van der Waals surface area (Å²) < 4.78 is 11.6. The lowest BCUT2D eigenvalue weighted by molar-refractivity contribution is 0.210. The molecule has 1 aromatic heterocycles. The molecule has 1 atom stereocenters. The van der Waals surface area contributed by atoms with Crippen LogP contribution in [0.1, 0.15) is 38.4 Å². The molecule has 1 heterocycles. The van der Waals surface area contributed by atoms with Crippen molar-refractivity contribution in [2.45, 2.75) is 51.2 Å². The van der Waals surface area contributed by atoms with E-state index in [-0.39, 0.29) is 24.6 Å². The van der Waals surface area contributed by atoms with E-state index in [2.05, 4.69) is 22.4 Å². The first-order valence-electron chi connectivity index (χ1n) is 8.12. The molecule has 0 bridgehead atoms. The Balaban J connectivity index is 0.00000208. The number of nitrogens with zero attached hydrogens (tertiary/aromatic N) is 2. The Hall–Kier alpha value is -1.30. The molecule has 2 aromatic rings. The van der Waals surface area contributed by atoms with Gasteiger partial charge in [0.2, 0.25) is 0 Å². The van der Waals surface area contributed by atoms with Crippen molar-refractivity contribution in [2.24, 2.45) is 0 Å². The highest BCUT2D eigenvalue weighted by atomic mass is 35.5. The third-order valence-corrected chi connectivity index (χ3v) is 4.45. The van der Waals surface area contributed by atoms with Crippen molar-refractivity contribution < 1.29 is 9.26 Å². The van der Waals surface area contributed by atoms with Gasteiger partial charge in [0.05, 0.1) is 11.7 Å². The van der Waals surface area contributed by atoms with Gasteiger partial charge in [0.25, 0.3) is 5.89 Å². The molecule has 0 amide bonds. The first-order chi connectivity index (χ1) is 11.2. The summed E-state index contributed by atoms with van der Waals surface area (Å²) in [6.07, 6.45) is 5.61. The summed E-state index contributed by atoms with van der Waals surface area (Å²) in [5.41, 5.74) is 0.764. The molecule has 0 spiro atoms. The molecule has 132 valence electrons. The molecule has 24 heavy (non-hydrogen) atoms. The maximum absolute atomic E-state index is 6.14. The molecule has 0 radical (unpaired) electrons. The summed E-state index contributed by atoms with van der Waals surface area (Å²) in [5.74, 6) is 1.89. The molecule has 5 nitrogen and oxygen atoms in total. The number of hydrogen-bond acceptors (Lipinski definition) is 5. The monoisotopic (exact) mass is 371 g/mol. The summed E-state index contributed by atoms with van der Waals surface area (Å²) in [6, 6.07) is 5.82. The van der Waals surface area contributed by atoms with E-state index >= 15 is 0 Å².